The summed E-state index contributed by atoms with van der Waals surface area (Å²) in [6.45, 7) is 6.38. The number of rotatable bonds is 0. The fraction of sp³-hybridized carbons (Fsp3) is 0.333. The van der Waals surface area contributed by atoms with Gasteiger partial charge in [0.25, 0.3) is 0 Å². The van der Waals surface area contributed by atoms with Gasteiger partial charge in [0, 0.05) is 0 Å². The van der Waals surface area contributed by atoms with Crippen LogP contribution in [-0.4, -0.2) is 0 Å². The van der Waals surface area contributed by atoms with Gasteiger partial charge >= 0.3 is 0 Å². The van der Waals surface area contributed by atoms with Crippen LogP contribution in [0.2, 0.25) is 0 Å². The Morgan fingerprint density at radius 1 is 0.636 bits per heavy atom. The lowest BCUT2D eigenvalue weighted by atomic mass is 10.1. The van der Waals surface area contributed by atoms with Crippen molar-refractivity contribution in [1.29, 1.82) is 0 Å². The molecule has 0 radical (unpaired) electrons. The molecule has 0 amide bonds. The van der Waals surface area contributed by atoms with Crippen molar-refractivity contribution in [3.63, 3.8) is 0 Å². The van der Waals surface area contributed by atoms with E-state index in [2.05, 4.69) is 39.0 Å². The first-order valence-corrected chi connectivity index (χ1v) is 3.23. The smallest absolute Gasteiger partial charge is 0.0398 e. The van der Waals surface area contributed by atoms with Crippen molar-refractivity contribution < 1.29 is 0 Å². The average molecular weight is 376 g/mol. The van der Waals surface area contributed by atoms with Crippen molar-refractivity contribution in [2.24, 2.45) is 0 Å². The van der Waals surface area contributed by atoms with E-state index in [1.807, 2.05) is 0 Å². The van der Waals surface area contributed by atoms with E-state index < -0.39 is 0 Å². The molecule has 0 nitrogen and oxygen atoms in total. The van der Waals surface area contributed by atoms with Gasteiger partial charge in [-0.1, -0.05) is 34.9 Å². The van der Waals surface area contributed by atoms with Crippen LogP contribution in [0.3, 0.4) is 0 Å². The summed E-state index contributed by atoms with van der Waals surface area (Å²) in [6.07, 6.45) is 0. The summed E-state index contributed by atoms with van der Waals surface area (Å²) >= 11 is 0. The summed E-state index contributed by atoms with van der Waals surface area (Å²) in [5.41, 5.74) is 4.06. The molecule has 1 aromatic rings. The van der Waals surface area contributed by atoms with Gasteiger partial charge < -0.3 is 0 Å². The minimum absolute atomic E-state index is 0. The molecule has 2 heteroatoms. The van der Waals surface area contributed by atoms with E-state index in [0.717, 1.165) is 0 Å². The van der Waals surface area contributed by atoms with Crippen molar-refractivity contribution in [3.8, 4) is 0 Å². The molecule has 1 rings (SSSR count). The summed E-state index contributed by atoms with van der Waals surface area (Å²) < 4.78 is 0. The Morgan fingerprint density at radius 2 is 0.818 bits per heavy atom. The first-order chi connectivity index (χ1) is 4.18. The first-order valence-electron chi connectivity index (χ1n) is 3.23. The maximum absolute atomic E-state index is 2.19. The molecule has 64 valence electrons. The van der Waals surface area contributed by atoms with Crippen molar-refractivity contribution in [3.05, 3.63) is 34.9 Å². The maximum atomic E-state index is 2.19. The van der Waals surface area contributed by atoms with Gasteiger partial charge in [-0.05, 0) is 20.8 Å². The SMILES string of the molecule is Cc1cc(C)cc(C)c1.I.I. The summed E-state index contributed by atoms with van der Waals surface area (Å²) in [4.78, 5) is 0. The highest BCUT2D eigenvalue weighted by atomic mass is 127. The highest BCUT2D eigenvalue weighted by molar-refractivity contribution is 14.0. The van der Waals surface area contributed by atoms with Crippen LogP contribution in [0.25, 0.3) is 0 Å². The molecule has 1 aromatic carbocycles. The van der Waals surface area contributed by atoms with E-state index in [0.29, 0.717) is 0 Å². The molecule has 0 aromatic heterocycles. The minimum Gasteiger partial charge on any atom is -0.107 e. The average Bonchev–Trinajstić information content (AvgIpc) is 1.59. The lowest BCUT2D eigenvalue weighted by Gasteiger charge is -1.96. The second kappa shape index (κ2) is 6.22. The van der Waals surface area contributed by atoms with Crippen LogP contribution in [0.1, 0.15) is 16.7 Å². The fourth-order valence-corrected chi connectivity index (χ4v) is 1.20. The van der Waals surface area contributed by atoms with E-state index >= 15 is 0 Å². The van der Waals surface area contributed by atoms with Crippen LogP contribution in [0, 0.1) is 20.8 Å². The Labute approximate surface area is 103 Å². The zero-order valence-electron chi connectivity index (χ0n) is 7.05. The van der Waals surface area contributed by atoms with E-state index in [4.69, 9.17) is 0 Å². The molecule has 0 atom stereocenters. The molecule has 0 N–H and O–H groups in total. The van der Waals surface area contributed by atoms with Gasteiger partial charge in [0.05, 0.1) is 0 Å². The van der Waals surface area contributed by atoms with E-state index in [-0.39, 0.29) is 48.0 Å². The normalized spacial score (nSPS) is 7.91. The molecule has 11 heavy (non-hydrogen) atoms. The predicted molar refractivity (Wildman–Crippen MR) is 71.5 cm³/mol. The van der Waals surface area contributed by atoms with Crippen LogP contribution >= 0.6 is 48.0 Å². The zero-order valence-corrected chi connectivity index (χ0v) is 11.7. The molecule has 0 aliphatic rings. The largest absolute Gasteiger partial charge is 0.107 e. The molecule has 0 saturated carbocycles. The fourth-order valence-electron chi connectivity index (χ4n) is 1.20. The number of hydrogen-bond donors (Lipinski definition) is 0. The number of halogens is 2. The lowest BCUT2D eigenvalue weighted by Crippen LogP contribution is -1.78. The summed E-state index contributed by atoms with van der Waals surface area (Å²) in [5, 5.41) is 0. The van der Waals surface area contributed by atoms with Crippen LogP contribution in [-0.2, 0) is 0 Å². The molecular formula is C9H14I2. The van der Waals surface area contributed by atoms with Crippen molar-refractivity contribution in [1.82, 2.24) is 0 Å². The predicted octanol–water partition coefficient (Wildman–Crippen LogP) is 3.85. The van der Waals surface area contributed by atoms with Gasteiger partial charge in [-0.15, -0.1) is 48.0 Å². The van der Waals surface area contributed by atoms with Gasteiger partial charge in [0.2, 0.25) is 0 Å². The van der Waals surface area contributed by atoms with Gasteiger partial charge in [0.1, 0.15) is 0 Å². The Hall–Kier alpha value is 0.680. The minimum atomic E-state index is 0. The Morgan fingerprint density at radius 3 is 1.00 bits per heavy atom. The van der Waals surface area contributed by atoms with E-state index in [1.165, 1.54) is 16.7 Å². The molecule has 0 saturated heterocycles. The topological polar surface area (TPSA) is 0 Å². The standard InChI is InChI=1S/C9H12.2HI/c1-7-4-8(2)6-9(3)5-7;;/h4-6H,1-3H3;2*1H. The van der Waals surface area contributed by atoms with Crippen LogP contribution in [0.4, 0.5) is 0 Å². The van der Waals surface area contributed by atoms with Crippen LogP contribution in [0.5, 0.6) is 0 Å². The monoisotopic (exact) mass is 376 g/mol. The van der Waals surface area contributed by atoms with Crippen molar-refractivity contribution >= 4 is 48.0 Å². The molecule has 0 heterocycles. The molecule has 0 aliphatic heterocycles. The molecule has 0 unspecified atom stereocenters. The highest BCUT2D eigenvalue weighted by Crippen LogP contribution is 2.06. The Kier molecular flexibility index (Phi) is 8.04. The zero-order chi connectivity index (χ0) is 6.85. The van der Waals surface area contributed by atoms with Crippen molar-refractivity contribution in [2.75, 3.05) is 0 Å². The van der Waals surface area contributed by atoms with Gasteiger partial charge in [-0.2, -0.15) is 0 Å². The van der Waals surface area contributed by atoms with Gasteiger partial charge in [0.15, 0.2) is 0 Å². The second-order valence-corrected chi connectivity index (χ2v) is 2.67. The van der Waals surface area contributed by atoms with Crippen LogP contribution in [0.15, 0.2) is 18.2 Å². The summed E-state index contributed by atoms with van der Waals surface area (Å²) in [5.74, 6) is 0. The van der Waals surface area contributed by atoms with E-state index in [9.17, 15) is 0 Å². The number of hydrogen-bond acceptors (Lipinski definition) is 0. The summed E-state index contributed by atoms with van der Waals surface area (Å²) in [7, 11) is 0. The molecule has 0 fully saturated rings. The lowest BCUT2D eigenvalue weighted by molar-refractivity contribution is 1.32. The molecular weight excluding hydrogens is 362 g/mol. The third kappa shape index (κ3) is 5.00. The van der Waals surface area contributed by atoms with Gasteiger partial charge in [-0.25, -0.2) is 0 Å². The molecule has 0 aliphatic carbocycles. The Bertz CT molecular complexity index is 168. The third-order valence-electron chi connectivity index (χ3n) is 1.37. The van der Waals surface area contributed by atoms with Gasteiger partial charge in [-0.3, -0.25) is 0 Å². The Balaban J connectivity index is 0. The number of aryl methyl sites for hydroxylation is 3. The highest BCUT2D eigenvalue weighted by Gasteiger charge is 1.87. The quantitative estimate of drug-likeness (QED) is 0.604. The molecule has 0 spiro atoms. The maximum Gasteiger partial charge on any atom is -0.0398 e. The first kappa shape index (κ1) is 14.2. The van der Waals surface area contributed by atoms with Crippen LogP contribution < -0.4 is 0 Å². The summed E-state index contributed by atoms with van der Waals surface area (Å²) in [6, 6.07) is 6.56. The number of benzene rings is 1. The van der Waals surface area contributed by atoms with Crippen molar-refractivity contribution in [2.45, 2.75) is 20.8 Å². The second-order valence-electron chi connectivity index (χ2n) is 2.67. The molecule has 0 bridgehead atoms. The van der Waals surface area contributed by atoms with E-state index in [1.54, 1.807) is 0 Å². The third-order valence-corrected chi connectivity index (χ3v) is 1.37.